The maximum Gasteiger partial charge on any atom is 0.227 e. The smallest absolute Gasteiger partial charge is 0.227 e. The van der Waals surface area contributed by atoms with E-state index in [9.17, 15) is 4.79 Å². The van der Waals surface area contributed by atoms with Crippen LogP contribution in [0.15, 0.2) is 12.2 Å². The van der Waals surface area contributed by atoms with Crippen LogP contribution in [0, 0.1) is 11.8 Å². The van der Waals surface area contributed by atoms with E-state index in [1.807, 2.05) is 13.0 Å². The molecule has 1 heterocycles. The molecule has 2 aliphatic rings. The van der Waals surface area contributed by atoms with Gasteiger partial charge in [-0.25, -0.2) is 0 Å². The molecule has 0 aromatic carbocycles. The Kier molecular flexibility index (Phi) is 0.770. The predicted molar refractivity (Wildman–Crippen MR) is 33.7 cm³/mol. The second-order valence-corrected chi connectivity index (χ2v) is 2.79. The Morgan fingerprint density at radius 2 is 2.33 bits per heavy atom. The lowest BCUT2D eigenvalue weighted by Gasteiger charge is -2.20. The summed E-state index contributed by atoms with van der Waals surface area (Å²) in [6.07, 6.45) is 4.08. The van der Waals surface area contributed by atoms with E-state index in [1.165, 1.54) is 0 Å². The minimum atomic E-state index is 0.204. The zero-order valence-electron chi connectivity index (χ0n) is 5.29. The van der Waals surface area contributed by atoms with Crippen LogP contribution in [0.2, 0.25) is 0 Å². The molecule has 1 amide bonds. The maximum atomic E-state index is 10.9. The molecule has 0 bridgehead atoms. The van der Waals surface area contributed by atoms with Crippen LogP contribution >= 0.6 is 0 Å². The zero-order chi connectivity index (χ0) is 6.43. The van der Waals surface area contributed by atoms with Crippen LogP contribution in [0.25, 0.3) is 0 Å². The predicted octanol–water partition coefficient (Wildman–Crippen LogP) is 0.307. The Hall–Kier alpha value is -0.790. The Balaban J connectivity index is 2.27. The summed E-state index contributed by atoms with van der Waals surface area (Å²) in [6, 6.07) is 0.368. The second kappa shape index (κ2) is 1.38. The van der Waals surface area contributed by atoms with Crippen molar-refractivity contribution in [3.05, 3.63) is 12.2 Å². The number of nitrogens with one attached hydrogen (secondary N) is 1. The summed E-state index contributed by atoms with van der Waals surface area (Å²) in [5.41, 5.74) is 0. The average molecular weight is 123 g/mol. The molecule has 48 valence electrons. The fourth-order valence-electron chi connectivity index (χ4n) is 1.51. The first-order chi connectivity index (χ1) is 4.29. The van der Waals surface area contributed by atoms with Crippen molar-refractivity contribution in [3.8, 4) is 0 Å². The molecule has 1 saturated heterocycles. The van der Waals surface area contributed by atoms with Crippen molar-refractivity contribution >= 4 is 5.91 Å². The highest BCUT2D eigenvalue weighted by Crippen LogP contribution is 2.33. The first-order valence-corrected chi connectivity index (χ1v) is 3.28. The molecule has 1 fully saturated rings. The van der Waals surface area contributed by atoms with Gasteiger partial charge >= 0.3 is 0 Å². The third-order valence-corrected chi connectivity index (χ3v) is 2.21. The van der Waals surface area contributed by atoms with Crippen LogP contribution in [0.3, 0.4) is 0 Å². The third kappa shape index (κ3) is 0.479. The molecule has 0 spiro atoms. The highest BCUT2D eigenvalue weighted by molar-refractivity contribution is 5.85. The lowest BCUT2D eigenvalue weighted by molar-refractivity contribution is -0.121. The summed E-state index contributed by atoms with van der Waals surface area (Å²) in [7, 11) is 0. The molecule has 0 aromatic heterocycles. The molecular weight excluding hydrogens is 114 g/mol. The van der Waals surface area contributed by atoms with Gasteiger partial charge in [-0.05, 0) is 6.92 Å². The van der Waals surface area contributed by atoms with E-state index in [2.05, 4.69) is 11.4 Å². The van der Waals surface area contributed by atoms with Crippen LogP contribution in [0.5, 0.6) is 0 Å². The lowest BCUT2D eigenvalue weighted by Crippen LogP contribution is -2.24. The van der Waals surface area contributed by atoms with Gasteiger partial charge in [0.2, 0.25) is 5.91 Å². The highest BCUT2D eigenvalue weighted by atomic mass is 16.2. The van der Waals surface area contributed by atoms with Crippen LogP contribution < -0.4 is 5.32 Å². The molecule has 2 rings (SSSR count). The van der Waals surface area contributed by atoms with E-state index >= 15 is 0 Å². The summed E-state index contributed by atoms with van der Waals surface area (Å²) in [5, 5.41) is 2.88. The number of hydrogen-bond donors (Lipinski definition) is 1. The number of carbonyl (C=O) groups excluding carboxylic acids is 1. The maximum absolute atomic E-state index is 10.9. The first kappa shape index (κ1) is 5.03. The molecule has 2 nitrogen and oxygen atoms in total. The fourth-order valence-corrected chi connectivity index (χ4v) is 1.51. The highest BCUT2D eigenvalue weighted by Gasteiger charge is 2.41. The van der Waals surface area contributed by atoms with Gasteiger partial charge < -0.3 is 5.32 Å². The van der Waals surface area contributed by atoms with Crippen molar-refractivity contribution in [1.29, 1.82) is 0 Å². The molecule has 1 aliphatic heterocycles. The normalized spacial score (nSPS) is 45.9. The molecule has 1 aliphatic carbocycles. The standard InChI is InChI=1S/C7H9NO/c1-4-5-2-3-6(5)7(9)8-4/h2-6H,1H3,(H,8,9)/t4-,5+,6+/m1/s1. The van der Waals surface area contributed by atoms with E-state index in [4.69, 9.17) is 0 Å². The third-order valence-electron chi connectivity index (χ3n) is 2.21. The molecule has 3 atom stereocenters. The van der Waals surface area contributed by atoms with E-state index in [0.717, 1.165) is 0 Å². The first-order valence-electron chi connectivity index (χ1n) is 3.28. The number of amides is 1. The number of hydrogen-bond acceptors (Lipinski definition) is 1. The molecule has 1 N–H and O–H groups in total. The molecule has 0 saturated carbocycles. The summed E-state index contributed by atoms with van der Waals surface area (Å²) in [6.45, 7) is 2.05. The van der Waals surface area contributed by atoms with E-state index in [0.29, 0.717) is 12.0 Å². The van der Waals surface area contributed by atoms with E-state index < -0.39 is 0 Å². The number of fused-ring (bicyclic) bond motifs is 1. The molecule has 0 radical (unpaired) electrons. The van der Waals surface area contributed by atoms with Crippen molar-refractivity contribution < 1.29 is 4.79 Å². The van der Waals surface area contributed by atoms with Gasteiger partial charge in [-0.2, -0.15) is 0 Å². The van der Waals surface area contributed by atoms with Crippen LogP contribution in [-0.4, -0.2) is 11.9 Å². The van der Waals surface area contributed by atoms with Crippen molar-refractivity contribution in [2.45, 2.75) is 13.0 Å². The largest absolute Gasteiger partial charge is 0.352 e. The van der Waals surface area contributed by atoms with Gasteiger partial charge in [-0.15, -0.1) is 0 Å². The molecule has 0 unspecified atom stereocenters. The summed E-state index contributed by atoms with van der Waals surface area (Å²) in [5.74, 6) is 0.910. The topological polar surface area (TPSA) is 29.1 Å². The second-order valence-electron chi connectivity index (χ2n) is 2.79. The van der Waals surface area contributed by atoms with Gasteiger partial charge in [-0.1, -0.05) is 12.2 Å². The van der Waals surface area contributed by atoms with Crippen molar-refractivity contribution in [3.63, 3.8) is 0 Å². The SMILES string of the molecule is C[C@H]1NC(=O)[C@H]2C=C[C@H]21. The van der Waals surface area contributed by atoms with Crippen molar-refractivity contribution in [2.75, 3.05) is 0 Å². The minimum absolute atomic E-state index is 0.204. The van der Waals surface area contributed by atoms with Gasteiger partial charge in [0.25, 0.3) is 0 Å². The van der Waals surface area contributed by atoms with Gasteiger partial charge in [0.1, 0.15) is 0 Å². The van der Waals surface area contributed by atoms with E-state index in [1.54, 1.807) is 0 Å². The summed E-state index contributed by atoms with van der Waals surface area (Å²) in [4.78, 5) is 10.9. The van der Waals surface area contributed by atoms with E-state index in [-0.39, 0.29) is 11.8 Å². The van der Waals surface area contributed by atoms with Gasteiger partial charge in [0.05, 0.1) is 5.92 Å². The Morgan fingerprint density at radius 1 is 1.56 bits per heavy atom. The van der Waals surface area contributed by atoms with Crippen molar-refractivity contribution in [2.24, 2.45) is 11.8 Å². The van der Waals surface area contributed by atoms with Crippen LogP contribution in [0.4, 0.5) is 0 Å². The Morgan fingerprint density at radius 3 is 2.56 bits per heavy atom. The molecule has 2 heteroatoms. The average Bonchev–Trinajstić information content (AvgIpc) is 1.73. The van der Waals surface area contributed by atoms with Gasteiger partial charge in [-0.3, -0.25) is 4.79 Å². The number of carbonyl (C=O) groups is 1. The van der Waals surface area contributed by atoms with Crippen LogP contribution in [-0.2, 0) is 4.79 Å². The molecule has 0 aromatic rings. The molecular formula is C7H9NO. The summed E-state index contributed by atoms with van der Waals surface area (Å²) >= 11 is 0. The molecule has 9 heavy (non-hydrogen) atoms. The Bertz CT molecular complexity index is 185. The van der Waals surface area contributed by atoms with Gasteiger partial charge in [0, 0.05) is 12.0 Å². The monoisotopic (exact) mass is 123 g/mol. The quantitative estimate of drug-likeness (QED) is 0.461. The minimum Gasteiger partial charge on any atom is -0.352 e. The fraction of sp³-hybridized carbons (Fsp3) is 0.571. The van der Waals surface area contributed by atoms with Gasteiger partial charge in [0.15, 0.2) is 0 Å². The Labute approximate surface area is 53.9 Å². The lowest BCUT2D eigenvalue weighted by atomic mass is 9.81. The number of rotatable bonds is 0. The van der Waals surface area contributed by atoms with Crippen molar-refractivity contribution in [1.82, 2.24) is 5.32 Å². The zero-order valence-corrected chi connectivity index (χ0v) is 5.29. The van der Waals surface area contributed by atoms with Crippen LogP contribution in [0.1, 0.15) is 6.92 Å². The summed E-state index contributed by atoms with van der Waals surface area (Å²) < 4.78 is 0.